The number of nitrogens with zero attached hydrogens (tertiary/aromatic N) is 3. The number of hydrogen-bond acceptors (Lipinski definition) is 6. The lowest BCUT2D eigenvalue weighted by Crippen LogP contribution is -2.20. The van der Waals surface area contributed by atoms with E-state index < -0.39 is 0 Å². The number of nitrogens with one attached hydrogen (secondary N) is 2. The molecular formula is C21H19N5O3S. The first-order valence-corrected chi connectivity index (χ1v) is 10.0. The van der Waals surface area contributed by atoms with E-state index in [0.717, 1.165) is 4.88 Å². The van der Waals surface area contributed by atoms with E-state index >= 15 is 0 Å². The maximum Gasteiger partial charge on any atom is 0.256 e. The maximum atomic E-state index is 12.9. The number of benzene rings is 1. The lowest BCUT2D eigenvalue weighted by atomic mass is 10.2. The number of carbonyl (C=O) groups is 1. The summed E-state index contributed by atoms with van der Waals surface area (Å²) >= 11 is 1.52. The van der Waals surface area contributed by atoms with Crippen LogP contribution in [-0.2, 0) is 0 Å². The van der Waals surface area contributed by atoms with Gasteiger partial charge in [-0.15, -0.1) is 11.3 Å². The molecule has 0 fully saturated rings. The summed E-state index contributed by atoms with van der Waals surface area (Å²) in [6.07, 6.45) is 0. The predicted octanol–water partition coefficient (Wildman–Crippen LogP) is 3.56. The Hall–Kier alpha value is -3.72. The Morgan fingerprint density at radius 3 is 2.73 bits per heavy atom. The second kappa shape index (κ2) is 7.96. The molecule has 1 aromatic carbocycles. The van der Waals surface area contributed by atoms with Gasteiger partial charge in [0.25, 0.3) is 11.5 Å². The Bertz CT molecular complexity index is 1270. The molecule has 30 heavy (non-hydrogen) atoms. The molecule has 0 spiro atoms. The highest BCUT2D eigenvalue weighted by atomic mass is 32.1. The molecule has 0 radical (unpaired) electrons. The molecule has 0 atom stereocenters. The fourth-order valence-electron chi connectivity index (χ4n) is 2.86. The number of H-pyrrole nitrogens is 1. The van der Waals surface area contributed by atoms with Crippen molar-refractivity contribution in [3.8, 4) is 22.3 Å². The number of carbonyl (C=O) groups excluding carboxylic acids is 1. The van der Waals surface area contributed by atoms with Crippen LogP contribution in [0.1, 0.15) is 21.6 Å². The van der Waals surface area contributed by atoms with E-state index in [2.05, 4.69) is 20.4 Å². The summed E-state index contributed by atoms with van der Waals surface area (Å²) < 4.78 is 6.62. The standard InChI is InChI=1S/C21H19N5O3S/c1-12-13(2)22-21(24-19(12)27)26-18(11-16(25-26)17-8-5-9-30-17)23-20(28)14-6-4-7-15(10-14)29-3/h4-11H,1-3H3,(H,23,28)(H,22,24,27). The van der Waals surface area contributed by atoms with Crippen LogP contribution >= 0.6 is 11.3 Å². The molecule has 0 saturated heterocycles. The Balaban J connectivity index is 1.78. The van der Waals surface area contributed by atoms with Crippen molar-refractivity contribution < 1.29 is 9.53 Å². The van der Waals surface area contributed by atoms with Crippen LogP contribution in [-0.4, -0.2) is 32.8 Å². The molecule has 4 rings (SSSR count). The summed E-state index contributed by atoms with van der Waals surface area (Å²) in [5.41, 5.74) is 1.96. The molecule has 2 N–H and O–H groups in total. The minimum Gasteiger partial charge on any atom is -0.497 e. The van der Waals surface area contributed by atoms with E-state index in [1.807, 2.05) is 17.5 Å². The minimum absolute atomic E-state index is 0.229. The Labute approximate surface area is 176 Å². The fourth-order valence-corrected chi connectivity index (χ4v) is 3.54. The fraction of sp³-hybridized carbons (Fsp3) is 0.143. The largest absolute Gasteiger partial charge is 0.497 e. The number of ether oxygens (including phenoxy) is 1. The molecule has 0 unspecified atom stereocenters. The molecule has 0 aliphatic carbocycles. The van der Waals surface area contributed by atoms with Gasteiger partial charge in [0.2, 0.25) is 5.95 Å². The van der Waals surface area contributed by atoms with Gasteiger partial charge in [-0.25, -0.2) is 4.98 Å². The average molecular weight is 421 g/mol. The summed E-state index contributed by atoms with van der Waals surface area (Å²) in [7, 11) is 1.54. The number of methoxy groups -OCH3 is 1. The van der Waals surface area contributed by atoms with Gasteiger partial charge in [-0.1, -0.05) is 12.1 Å². The van der Waals surface area contributed by atoms with E-state index in [1.54, 1.807) is 51.3 Å². The number of hydrogen-bond donors (Lipinski definition) is 2. The number of rotatable bonds is 5. The Kier molecular flexibility index (Phi) is 5.20. The van der Waals surface area contributed by atoms with Gasteiger partial charge in [0.1, 0.15) is 17.3 Å². The third-order valence-electron chi connectivity index (χ3n) is 4.64. The lowest BCUT2D eigenvalue weighted by Gasteiger charge is -2.10. The van der Waals surface area contributed by atoms with Crippen LogP contribution in [0.4, 0.5) is 5.82 Å². The normalized spacial score (nSPS) is 10.8. The van der Waals surface area contributed by atoms with E-state index in [-0.39, 0.29) is 17.4 Å². The number of amides is 1. The van der Waals surface area contributed by atoms with Crippen molar-refractivity contribution in [2.75, 3.05) is 12.4 Å². The van der Waals surface area contributed by atoms with Crippen LogP contribution in [0.15, 0.2) is 52.6 Å². The van der Waals surface area contributed by atoms with Gasteiger partial charge in [0.15, 0.2) is 0 Å². The van der Waals surface area contributed by atoms with Gasteiger partial charge in [0, 0.05) is 22.9 Å². The Morgan fingerprint density at radius 2 is 2.03 bits per heavy atom. The topological polar surface area (TPSA) is 102 Å². The van der Waals surface area contributed by atoms with E-state index in [1.165, 1.54) is 16.0 Å². The maximum absolute atomic E-state index is 12.9. The van der Waals surface area contributed by atoms with E-state index in [4.69, 9.17) is 4.74 Å². The van der Waals surface area contributed by atoms with E-state index in [0.29, 0.717) is 34.1 Å². The molecule has 0 bridgehead atoms. The molecule has 3 aromatic heterocycles. The van der Waals surface area contributed by atoms with Crippen LogP contribution in [0.2, 0.25) is 0 Å². The number of anilines is 1. The van der Waals surface area contributed by atoms with Crippen LogP contribution in [0, 0.1) is 13.8 Å². The highest BCUT2D eigenvalue weighted by Gasteiger charge is 2.18. The van der Waals surface area contributed by atoms with Crippen LogP contribution < -0.4 is 15.6 Å². The molecule has 3 heterocycles. The lowest BCUT2D eigenvalue weighted by molar-refractivity contribution is 0.102. The number of aromatic nitrogens is 4. The minimum atomic E-state index is -0.334. The van der Waals surface area contributed by atoms with Crippen molar-refractivity contribution in [3.05, 3.63) is 75.0 Å². The van der Waals surface area contributed by atoms with E-state index in [9.17, 15) is 9.59 Å². The Morgan fingerprint density at radius 1 is 1.20 bits per heavy atom. The van der Waals surface area contributed by atoms with Crippen LogP contribution in [0.3, 0.4) is 0 Å². The van der Waals surface area contributed by atoms with Crippen molar-refractivity contribution in [1.82, 2.24) is 19.7 Å². The van der Waals surface area contributed by atoms with Crippen molar-refractivity contribution >= 4 is 23.1 Å². The molecule has 8 nitrogen and oxygen atoms in total. The van der Waals surface area contributed by atoms with Gasteiger partial charge in [-0.2, -0.15) is 9.78 Å². The quantitative estimate of drug-likeness (QED) is 0.513. The number of aromatic amines is 1. The zero-order chi connectivity index (χ0) is 21.3. The molecule has 4 aromatic rings. The third kappa shape index (κ3) is 3.74. The predicted molar refractivity (Wildman–Crippen MR) is 116 cm³/mol. The van der Waals surface area contributed by atoms with Gasteiger partial charge < -0.3 is 10.1 Å². The molecule has 0 saturated carbocycles. The zero-order valence-electron chi connectivity index (χ0n) is 16.6. The molecule has 0 aliphatic rings. The second-order valence-electron chi connectivity index (χ2n) is 6.59. The molecule has 9 heteroatoms. The summed E-state index contributed by atoms with van der Waals surface area (Å²) in [5.74, 6) is 0.860. The van der Waals surface area contributed by atoms with Crippen molar-refractivity contribution in [2.45, 2.75) is 13.8 Å². The first-order valence-electron chi connectivity index (χ1n) is 9.13. The third-order valence-corrected chi connectivity index (χ3v) is 5.53. The molecule has 1 amide bonds. The monoisotopic (exact) mass is 421 g/mol. The van der Waals surface area contributed by atoms with Crippen molar-refractivity contribution in [3.63, 3.8) is 0 Å². The highest BCUT2D eigenvalue weighted by molar-refractivity contribution is 7.13. The summed E-state index contributed by atoms with van der Waals surface area (Å²) in [6, 6.07) is 12.4. The van der Waals surface area contributed by atoms with Crippen LogP contribution in [0.5, 0.6) is 5.75 Å². The van der Waals surface area contributed by atoms with Crippen molar-refractivity contribution in [2.24, 2.45) is 0 Å². The first kappa shape index (κ1) is 19.6. The van der Waals surface area contributed by atoms with Gasteiger partial charge in [0.05, 0.1) is 12.0 Å². The molecule has 0 aliphatic heterocycles. The second-order valence-corrected chi connectivity index (χ2v) is 7.54. The summed E-state index contributed by atoms with van der Waals surface area (Å²) in [5, 5.41) is 9.37. The SMILES string of the molecule is COc1cccc(C(=O)Nc2cc(-c3cccs3)nn2-c2nc(C)c(C)c(=O)[nH]2)c1. The first-order chi connectivity index (χ1) is 14.5. The number of thiophene rings is 1. The zero-order valence-corrected chi connectivity index (χ0v) is 17.4. The smallest absolute Gasteiger partial charge is 0.256 e. The van der Waals surface area contributed by atoms with Gasteiger partial charge in [-0.3, -0.25) is 14.6 Å². The van der Waals surface area contributed by atoms with Gasteiger partial charge in [-0.05, 0) is 43.5 Å². The molecule has 152 valence electrons. The average Bonchev–Trinajstić information content (AvgIpc) is 3.41. The number of aryl methyl sites for hydroxylation is 1. The highest BCUT2D eigenvalue weighted by Crippen LogP contribution is 2.27. The van der Waals surface area contributed by atoms with Gasteiger partial charge >= 0.3 is 0 Å². The van der Waals surface area contributed by atoms with Crippen LogP contribution in [0.25, 0.3) is 16.5 Å². The summed E-state index contributed by atoms with van der Waals surface area (Å²) in [4.78, 5) is 33.2. The summed E-state index contributed by atoms with van der Waals surface area (Å²) in [6.45, 7) is 3.46. The van der Waals surface area contributed by atoms with Crippen molar-refractivity contribution in [1.29, 1.82) is 0 Å². The molecular weight excluding hydrogens is 402 g/mol.